The Kier molecular flexibility index (Phi) is 2.77. The second-order valence-corrected chi connectivity index (χ2v) is 4.22. The van der Waals surface area contributed by atoms with Crippen LogP contribution >= 0.6 is 23.2 Å². The SMILES string of the molecule is Clc1ccc(CNC2CC2)cc1Cl. The minimum atomic E-state index is 0.622. The van der Waals surface area contributed by atoms with Crippen LogP contribution in [0, 0.1) is 0 Å². The molecule has 0 spiro atoms. The highest BCUT2D eigenvalue weighted by atomic mass is 35.5. The Bertz CT molecular complexity index is 308. The molecule has 1 fully saturated rings. The fourth-order valence-electron chi connectivity index (χ4n) is 1.20. The van der Waals surface area contributed by atoms with Gasteiger partial charge in [-0.15, -0.1) is 0 Å². The predicted octanol–water partition coefficient (Wildman–Crippen LogP) is 3.25. The third kappa shape index (κ3) is 2.60. The first kappa shape index (κ1) is 9.32. The van der Waals surface area contributed by atoms with Gasteiger partial charge in [0.2, 0.25) is 0 Å². The van der Waals surface area contributed by atoms with Crippen molar-refractivity contribution in [2.75, 3.05) is 0 Å². The smallest absolute Gasteiger partial charge is 0.0595 e. The zero-order valence-corrected chi connectivity index (χ0v) is 8.70. The number of halogens is 2. The summed E-state index contributed by atoms with van der Waals surface area (Å²) < 4.78 is 0. The van der Waals surface area contributed by atoms with Crippen LogP contribution in [0.15, 0.2) is 18.2 Å². The van der Waals surface area contributed by atoms with Crippen LogP contribution in [0.3, 0.4) is 0 Å². The number of hydrogen-bond donors (Lipinski definition) is 1. The first-order chi connectivity index (χ1) is 6.25. The van der Waals surface area contributed by atoms with Crippen molar-refractivity contribution >= 4 is 23.2 Å². The van der Waals surface area contributed by atoms with Crippen LogP contribution in [0.1, 0.15) is 18.4 Å². The molecular formula is C10H11Cl2N. The molecule has 0 radical (unpaired) electrons. The van der Waals surface area contributed by atoms with Crippen molar-refractivity contribution in [2.24, 2.45) is 0 Å². The molecule has 1 aromatic rings. The maximum absolute atomic E-state index is 5.89. The van der Waals surface area contributed by atoms with Gasteiger partial charge in [0.25, 0.3) is 0 Å². The quantitative estimate of drug-likeness (QED) is 0.817. The predicted molar refractivity (Wildman–Crippen MR) is 56.3 cm³/mol. The maximum Gasteiger partial charge on any atom is 0.0595 e. The molecule has 1 saturated carbocycles. The molecule has 3 heteroatoms. The highest BCUT2D eigenvalue weighted by Gasteiger charge is 2.19. The molecule has 70 valence electrons. The van der Waals surface area contributed by atoms with Crippen LogP contribution in [-0.4, -0.2) is 6.04 Å². The van der Waals surface area contributed by atoms with Crippen molar-refractivity contribution in [2.45, 2.75) is 25.4 Å². The minimum absolute atomic E-state index is 0.622. The number of nitrogens with one attached hydrogen (secondary N) is 1. The third-order valence-electron chi connectivity index (χ3n) is 2.16. The van der Waals surface area contributed by atoms with Crippen LogP contribution in [0.4, 0.5) is 0 Å². The monoisotopic (exact) mass is 215 g/mol. The van der Waals surface area contributed by atoms with E-state index in [1.807, 2.05) is 18.2 Å². The Labute approximate surface area is 88.0 Å². The lowest BCUT2D eigenvalue weighted by atomic mass is 10.2. The van der Waals surface area contributed by atoms with Crippen LogP contribution in [0.25, 0.3) is 0 Å². The van der Waals surface area contributed by atoms with Crippen LogP contribution in [0.5, 0.6) is 0 Å². The maximum atomic E-state index is 5.89. The lowest BCUT2D eigenvalue weighted by Crippen LogP contribution is -2.15. The molecule has 13 heavy (non-hydrogen) atoms. The van der Waals surface area contributed by atoms with Gasteiger partial charge >= 0.3 is 0 Å². The molecule has 0 aliphatic heterocycles. The minimum Gasteiger partial charge on any atom is -0.310 e. The van der Waals surface area contributed by atoms with Crippen molar-refractivity contribution in [1.29, 1.82) is 0 Å². The summed E-state index contributed by atoms with van der Waals surface area (Å²) in [5.74, 6) is 0. The summed E-state index contributed by atoms with van der Waals surface area (Å²) in [4.78, 5) is 0. The van der Waals surface area contributed by atoms with E-state index in [-0.39, 0.29) is 0 Å². The van der Waals surface area contributed by atoms with E-state index in [9.17, 15) is 0 Å². The fourth-order valence-corrected chi connectivity index (χ4v) is 1.52. The van der Waals surface area contributed by atoms with Gasteiger partial charge in [0.05, 0.1) is 10.0 Å². The van der Waals surface area contributed by atoms with Gasteiger partial charge in [0.1, 0.15) is 0 Å². The Balaban J connectivity index is 1.98. The molecule has 0 unspecified atom stereocenters. The van der Waals surface area contributed by atoms with Gasteiger partial charge in [-0.1, -0.05) is 29.3 Å². The van der Waals surface area contributed by atoms with E-state index in [2.05, 4.69) is 5.32 Å². The molecule has 1 aliphatic carbocycles. The Morgan fingerprint density at radius 2 is 2.00 bits per heavy atom. The largest absolute Gasteiger partial charge is 0.310 e. The van der Waals surface area contributed by atoms with E-state index < -0.39 is 0 Å². The van der Waals surface area contributed by atoms with Crippen molar-refractivity contribution in [3.8, 4) is 0 Å². The topological polar surface area (TPSA) is 12.0 Å². The molecule has 0 aromatic heterocycles. The second-order valence-electron chi connectivity index (χ2n) is 3.40. The molecule has 0 amide bonds. The van der Waals surface area contributed by atoms with Gasteiger partial charge in [-0.05, 0) is 30.5 Å². The van der Waals surface area contributed by atoms with Crippen LogP contribution < -0.4 is 5.32 Å². The summed E-state index contributed by atoms with van der Waals surface area (Å²) in [6.07, 6.45) is 2.61. The van der Waals surface area contributed by atoms with Crippen molar-refractivity contribution in [1.82, 2.24) is 5.32 Å². The molecule has 1 N–H and O–H groups in total. The Morgan fingerprint density at radius 3 is 2.62 bits per heavy atom. The lowest BCUT2D eigenvalue weighted by molar-refractivity contribution is 0.688. The number of benzene rings is 1. The van der Waals surface area contributed by atoms with E-state index in [0.29, 0.717) is 10.0 Å². The zero-order chi connectivity index (χ0) is 9.26. The second kappa shape index (κ2) is 3.87. The first-order valence-corrected chi connectivity index (χ1v) is 5.18. The number of rotatable bonds is 3. The van der Waals surface area contributed by atoms with Crippen LogP contribution in [-0.2, 0) is 6.54 Å². The Hall–Kier alpha value is -0.240. The van der Waals surface area contributed by atoms with Gasteiger partial charge < -0.3 is 5.32 Å². The van der Waals surface area contributed by atoms with Gasteiger partial charge in [0, 0.05) is 12.6 Å². The highest BCUT2D eigenvalue weighted by molar-refractivity contribution is 6.42. The fraction of sp³-hybridized carbons (Fsp3) is 0.400. The summed E-state index contributed by atoms with van der Waals surface area (Å²) in [5.41, 5.74) is 1.20. The summed E-state index contributed by atoms with van der Waals surface area (Å²) in [6, 6.07) is 6.49. The van der Waals surface area contributed by atoms with Crippen molar-refractivity contribution in [3.05, 3.63) is 33.8 Å². The van der Waals surface area contributed by atoms with E-state index in [4.69, 9.17) is 23.2 Å². The molecule has 0 saturated heterocycles. The van der Waals surface area contributed by atoms with E-state index >= 15 is 0 Å². The molecular weight excluding hydrogens is 205 g/mol. The standard InChI is InChI=1S/C10H11Cl2N/c11-9-4-1-7(5-10(9)12)6-13-8-2-3-8/h1,4-5,8,13H,2-3,6H2. The summed E-state index contributed by atoms with van der Waals surface area (Å²) in [5, 5.41) is 4.68. The van der Waals surface area contributed by atoms with Gasteiger partial charge in [-0.25, -0.2) is 0 Å². The molecule has 1 nitrogen and oxygen atoms in total. The molecule has 0 bridgehead atoms. The van der Waals surface area contributed by atoms with Gasteiger partial charge in [0.15, 0.2) is 0 Å². The average molecular weight is 216 g/mol. The van der Waals surface area contributed by atoms with E-state index in [1.54, 1.807) is 0 Å². The van der Waals surface area contributed by atoms with E-state index in [1.165, 1.54) is 18.4 Å². The van der Waals surface area contributed by atoms with Crippen molar-refractivity contribution < 1.29 is 0 Å². The van der Waals surface area contributed by atoms with Gasteiger partial charge in [-0.2, -0.15) is 0 Å². The van der Waals surface area contributed by atoms with Crippen molar-refractivity contribution in [3.63, 3.8) is 0 Å². The third-order valence-corrected chi connectivity index (χ3v) is 2.90. The molecule has 1 aliphatic rings. The average Bonchev–Trinajstić information content (AvgIpc) is 2.91. The lowest BCUT2D eigenvalue weighted by Gasteiger charge is -2.03. The molecule has 2 rings (SSSR count). The summed E-state index contributed by atoms with van der Waals surface area (Å²) >= 11 is 11.7. The zero-order valence-electron chi connectivity index (χ0n) is 7.19. The molecule has 0 heterocycles. The van der Waals surface area contributed by atoms with Crippen LogP contribution in [0.2, 0.25) is 10.0 Å². The summed E-state index contributed by atoms with van der Waals surface area (Å²) in [7, 11) is 0. The highest BCUT2D eigenvalue weighted by Crippen LogP contribution is 2.23. The molecule has 1 aromatic carbocycles. The first-order valence-electron chi connectivity index (χ1n) is 4.43. The van der Waals surface area contributed by atoms with E-state index in [0.717, 1.165) is 12.6 Å². The Morgan fingerprint density at radius 1 is 1.23 bits per heavy atom. The normalized spacial score (nSPS) is 16.2. The molecule has 0 atom stereocenters. The summed E-state index contributed by atoms with van der Waals surface area (Å²) in [6.45, 7) is 0.890. The van der Waals surface area contributed by atoms with Gasteiger partial charge in [-0.3, -0.25) is 0 Å². The number of hydrogen-bond acceptors (Lipinski definition) is 1.